The molecule has 58 heavy (non-hydrogen) atoms. The van der Waals surface area contributed by atoms with Gasteiger partial charge in [-0.05, 0) is 44.9 Å². The Labute approximate surface area is 356 Å². The number of ether oxygens (including phenoxy) is 2. The van der Waals surface area contributed by atoms with E-state index in [1.54, 1.807) is 0 Å². The van der Waals surface area contributed by atoms with Crippen LogP contribution in [-0.2, 0) is 32.7 Å². The van der Waals surface area contributed by atoms with Crippen molar-refractivity contribution in [3.8, 4) is 0 Å². The van der Waals surface area contributed by atoms with E-state index in [1.165, 1.54) is 148 Å². The zero-order valence-corrected chi connectivity index (χ0v) is 38.4. The summed E-state index contributed by atoms with van der Waals surface area (Å²) in [5, 5.41) is 0. The number of carbonyl (C=O) groups is 2. The van der Waals surface area contributed by atoms with E-state index in [-0.39, 0.29) is 32.6 Å². The highest BCUT2D eigenvalue weighted by molar-refractivity contribution is 7.47. The van der Waals surface area contributed by atoms with Gasteiger partial charge in [0.15, 0.2) is 6.10 Å². The lowest BCUT2D eigenvalue weighted by molar-refractivity contribution is -0.161. The molecule has 0 radical (unpaired) electrons. The summed E-state index contributed by atoms with van der Waals surface area (Å²) in [6.45, 7) is 3.70. The molecule has 2 atom stereocenters. The topological polar surface area (TPSA) is 134 Å². The first-order valence-electron chi connectivity index (χ1n) is 24.0. The Kier molecular flexibility index (Phi) is 43.4. The van der Waals surface area contributed by atoms with Gasteiger partial charge in [-0.3, -0.25) is 18.6 Å². The third-order valence-electron chi connectivity index (χ3n) is 10.3. The van der Waals surface area contributed by atoms with Gasteiger partial charge in [-0.25, -0.2) is 4.57 Å². The molecule has 0 fully saturated rings. The Morgan fingerprint density at radius 1 is 0.517 bits per heavy atom. The van der Waals surface area contributed by atoms with Crippen LogP contribution in [0.2, 0.25) is 0 Å². The van der Waals surface area contributed by atoms with Crippen LogP contribution in [0, 0.1) is 0 Å². The molecule has 0 aromatic carbocycles. The van der Waals surface area contributed by atoms with Crippen LogP contribution < -0.4 is 5.73 Å². The summed E-state index contributed by atoms with van der Waals surface area (Å²) in [6, 6.07) is 0. The molecule has 340 valence electrons. The van der Waals surface area contributed by atoms with E-state index in [0.717, 1.165) is 44.9 Å². The largest absolute Gasteiger partial charge is 0.472 e. The Hall–Kier alpha value is -1.77. The third kappa shape index (κ3) is 43.8. The summed E-state index contributed by atoms with van der Waals surface area (Å²) < 4.78 is 32.8. The maximum Gasteiger partial charge on any atom is 0.472 e. The molecule has 0 spiro atoms. The zero-order valence-electron chi connectivity index (χ0n) is 37.5. The lowest BCUT2D eigenvalue weighted by atomic mass is 10.0. The van der Waals surface area contributed by atoms with Crippen molar-refractivity contribution in [3.63, 3.8) is 0 Å². The fourth-order valence-electron chi connectivity index (χ4n) is 6.71. The third-order valence-corrected chi connectivity index (χ3v) is 11.3. The van der Waals surface area contributed by atoms with Crippen molar-refractivity contribution in [1.82, 2.24) is 0 Å². The van der Waals surface area contributed by atoms with Crippen molar-refractivity contribution in [1.29, 1.82) is 0 Å². The maximum absolute atomic E-state index is 12.6. The van der Waals surface area contributed by atoms with Crippen molar-refractivity contribution >= 4 is 19.8 Å². The number of hydrogen-bond donors (Lipinski definition) is 2. The van der Waals surface area contributed by atoms with Gasteiger partial charge in [0.2, 0.25) is 0 Å². The fraction of sp³-hybridized carbons (Fsp3) is 0.833. The van der Waals surface area contributed by atoms with Crippen LogP contribution in [0.3, 0.4) is 0 Å². The highest BCUT2D eigenvalue weighted by Gasteiger charge is 2.26. The van der Waals surface area contributed by atoms with Crippen LogP contribution in [0.5, 0.6) is 0 Å². The molecule has 10 heteroatoms. The summed E-state index contributed by atoms with van der Waals surface area (Å²) in [4.78, 5) is 34.9. The number of hydrogen-bond acceptors (Lipinski definition) is 8. The van der Waals surface area contributed by atoms with Crippen molar-refractivity contribution in [2.75, 3.05) is 26.4 Å². The molecule has 0 amide bonds. The number of nitrogens with two attached hydrogens (primary N) is 1. The molecule has 0 aliphatic carbocycles. The molecule has 9 nitrogen and oxygen atoms in total. The van der Waals surface area contributed by atoms with Gasteiger partial charge in [-0.1, -0.05) is 204 Å². The molecular weight excluding hydrogens is 750 g/mol. The maximum atomic E-state index is 12.6. The van der Waals surface area contributed by atoms with Crippen LogP contribution in [-0.4, -0.2) is 49.3 Å². The summed E-state index contributed by atoms with van der Waals surface area (Å²) in [6.07, 6.45) is 50.5. The van der Waals surface area contributed by atoms with E-state index in [0.29, 0.717) is 6.42 Å². The Balaban J connectivity index is 4.13. The average Bonchev–Trinajstić information content (AvgIpc) is 3.21. The van der Waals surface area contributed by atoms with E-state index in [4.69, 9.17) is 24.3 Å². The summed E-state index contributed by atoms with van der Waals surface area (Å²) in [5.41, 5.74) is 5.35. The number of phosphoric ester groups is 1. The zero-order chi connectivity index (χ0) is 42.5. The van der Waals surface area contributed by atoms with Crippen LogP contribution in [0.25, 0.3) is 0 Å². The summed E-state index contributed by atoms with van der Waals surface area (Å²) >= 11 is 0. The average molecular weight is 840 g/mol. The van der Waals surface area contributed by atoms with Crippen LogP contribution in [0.4, 0.5) is 0 Å². The van der Waals surface area contributed by atoms with Gasteiger partial charge in [0.05, 0.1) is 13.2 Å². The smallest absolute Gasteiger partial charge is 0.462 e. The molecule has 1 unspecified atom stereocenters. The molecule has 0 heterocycles. The van der Waals surface area contributed by atoms with E-state index < -0.39 is 32.5 Å². The lowest BCUT2D eigenvalue weighted by Crippen LogP contribution is -2.29. The number of esters is 2. The van der Waals surface area contributed by atoms with Gasteiger partial charge in [0.25, 0.3) is 0 Å². The number of rotatable bonds is 45. The lowest BCUT2D eigenvalue weighted by Gasteiger charge is -2.19. The second kappa shape index (κ2) is 44.8. The molecule has 0 aromatic heterocycles. The molecular formula is C48H90NO8P. The Morgan fingerprint density at radius 2 is 0.914 bits per heavy atom. The number of carbonyl (C=O) groups excluding carboxylic acids is 2. The molecule has 0 aliphatic rings. The molecule has 0 rings (SSSR count). The van der Waals surface area contributed by atoms with Crippen molar-refractivity contribution in [2.24, 2.45) is 5.73 Å². The van der Waals surface area contributed by atoms with Crippen molar-refractivity contribution < 1.29 is 37.6 Å². The second-order valence-corrected chi connectivity index (χ2v) is 17.4. The van der Waals surface area contributed by atoms with Crippen molar-refractivity contribution in [3.05, 3.63) is 36.5 Å². The first-order valence-corrected chi connectivity index (χ1v) is 25.5. The fourth-order valence-corrected chi connectivity index (χ4v) is 7.48. The Bertz CT molecular complexity index is 1050. The normalized spacial score (nSPS) is 13.5. The Morgan fingerprint density at radius 3 is 1.38 bits per heavy atom. The van der Waals surface area contributed by atoms with E-state index >= 15 is 0 Å². The number of unbranched alkanes of at least 4 members (excludes halogenated alkanes) is 26. The van der Waals surface area contributed by atoms with Gasteiger partial charge in [-0.2, -0.15) is 0 Å². The number of phosphoric acid groups is 1. The minimum Gasteiger partial charge on any atom is -0.462 e. The molecule has 0 bridgehead atoms. The highest BCUT2D eigenvalue weighted by Crippen LogP contribution is 2.43. The van der Waals surface area contributed by atoms with Gasteiger partial charge < -0.3 is 20.1 Å². The highest BCUT2D eigenvalue weighted by atomic mass is 31.2. The van der Waals surface area contributed by atoms with Gasteiger partial charge in [0.1, 0.15) is 6.61 Å². The first-order chi connectivity index (χ1) is 28.3. The van der Waals surface area contributed by atoms with E-state index in [1.807, 2.05) is 6.08 Å². The van der Waals surface area contributed by atoms with Gasteiger partial charge >= 0.3 is 19.8 Å². The summed E-state index contributed by atoms with van der Waals surface area (Å²) in [7, 11) is -4.39. The molecule has 0 saturated heterocycles. The minimum absolute atomic E-state index is 0.0465. The molecule has 3 N–H and O–H groups in total. The van der Waals surface area contributed by atoms with E-state index in [2.05, 4.69) is 44.2 Å². The molecule has 0 aliphatic heterocycles. The van der Waals surface area contributed by atoms with Gasteiger partial charge in [-0.15, -0.1) is 0 Å². The monoisotopic (exact) mass is 840 g/mol. The predicted octanol–water partition coefficient (Wildman–Crippen LogP) is 14.1. The SMILES string of the molecule is CCCCCCCC/C=C/C/C=C/C/C=C/CCCC(=O)O[C@H](COC(=O)CCCCCCCCCCCCCCCCCCCCCC)COP(=O)(O)OCCN. The van der Waals surface area contributed by atoms with E-state index in [9.17, 15) is 19.0 Å². The minimum atomic E-state index is -4.39. The van der Waals surface area contributed by atoms with Crippen LogP contribution in [0.15, 0.2) is 36.5 Å². The number of allylic oxidation sites excluding steroid dienone is 6. The van der Waals surface area contributed by atoms with Crippen molar-refractivity contribution in [2.45, 2.75) is 232 Å². The standard InChI is InChI=1S/C48H90NO8P/c1-3-5-7-9-11-13-15-17-19-21-22-23-25-26-28-30-32-34-36-38-40-47(50)54-44-46(45-56-58(52,53)55-43-42-49)57-48(51)41-39-37-35-33-31-29-27-24-20-18-16-14-12-10-8-6-4-2/h18,20,27,29,33,35,46H,3-17,19,21-26,28,30-32,34,36-45,49H2,1-2H3,(H,52,53)/b20-18+,29-27+,35-33+/t46-/m1/s1. The second-order valence-electron chi connectivity index (χ2n) is 16.0. The van der Waals surface area contributed by atoms with Crippen LogP contribution in [0.1, 0.15) is 226 Å². The first kappa shape index (κ1) is 56.2. The molecule has 0 aromatic rings. The quantitative estimate of drug-likeness (QED) is 0.0266. The predicted molar refractivity (Wildman–Crippen MR) is 243 cm³/mol. The van der Waals surface area contributed by atoms with Crippen LogP contribution >= 0.6 is 7.82 Å². The summed E-state index contributed by atoms with van der Waals surface area (Å²) in [5.74, 6) is -0.881. The molecule has 0 saturated carbocycles. The van der Waals surface area contributed by atoms with Gasteiger partial charge in [0, 0.05) is 19.4 Å².